The third-order valence-electron chi connectivity index (χ3n) is 5.70. The van der Waals surface area contributed by atoms with Gasteiger partial charge in [-0.1, -0.05) is 13.8 Å². The molecule has 3 fully saturated rings. The third-order valence-corrected chi connectivity index (χ3v) is 5.70. The fourth-order valence-corrected chi connectivity index (χ4v) is 4.37. The molecule has 0 aromatic heterocycles. The monoisotopic (exact) mass is 338 g/mol. The minimum absolute atomic E-state index is 0.129. The predicted octanol–water partition coefficient (Wildman–Crippen LogP) is 1.15. The molecule has 24 heavy (non-hydrogen) atoms. The van der Waals surface area contributed by atoms with Crippen molar-refractivity contribution in [1.82, 2.24) is 15.1 Å². The average molecular weight is 338 g/mol. The molecule has 3 rings (SSSR count). The first kappa shape index (κ1) is 17.3. The van der Waals surface area contributed by atoms with E-state index >= 15 is 0 Å². The fourth-order valence-electron chi connectivity index (χ4n) is 4.37. The number of amides is 1. The summed E-state index contributed by atoms with van der Waals surface area (Å²) in [7, 11) is 1.83. The second-order valence-corrected chi connectivity index (χ2v) is 7.41. The summed E-state index contributed by atoms with van der Waals surface area (Å²) < 4.78 is 10.9. The Hall–Kier alpha value is -1.50. The Morgan fingerprint density at radius 2 is 1.96 bits per heavy atom. The van der Waals surface area contributed by atoms with Gasteiger partial charge in [0.15, 0.2) is 5.96 Å². The number of nitrogens with one attached hydrogen (secondary N) is 1. The molecule has 1 amide bonds. The number of aliphatic imine (C=N–C) groups is 1. The van der Waals surface area contributed by atoms with E-state index in [4.69, 9.17) is 9.47 Å². The summed E-state index contributed by atoms with van der Waals surface area (Å²) >= 11 is 0. The van der Waals surface area contributed by atoms with E-state index in [0.29, 0.717) is 37.8 Å². The fraction of sp³-hybridized carbons (Fsp3) is 0.882. The Bertz CT molecular complexity index is 500. The van der Waals surface area contributed by atoms with Gasteiger partial charge in [-0.15, -0.1) is 0 Å². The van der Waals surface area contributed by atoms with E-state index in [-0.39, 0.29) is 11.5 Å². The van der Waals surface area contributed by atoms with Crippen molar-refractivity contribution in [1.29, 1.82) is 0 Å². The number of fused-ring (bicyclic) bond motifs is 1. The third kappa shape index (κ3) is 2.94. The van der Waals surface area contributed by atoms with Gasteiger partial charge in [0.25, 0.3) is 0 Å². The Labute approximate surface area is 144 Å². The van der Waals surface area contributed by atoms with Gasteiger partial charge in [0.05, 0.1) is 12.7 Å². The molecule has 0 bridgehead atoms. The van der Waals surface area contributed by atoms with E-state index in [0.717, 1.165) is 32.1 Å². The number of ether oxygens (including phenoxy) is 2. The molecular formula is C17H30N4O3. The topological polar surface area (TPSA) is 66.4 Å². The molecule has 2 saturated heterocycles. The van der Waals surface area contributed by atoms with E-state index in [9.17, 15) is 4.79 Å². The van der Waals surface area contributed by atoms with Crippen LogP contribution >= 0.6 is 0 Å². The van der Waals surface area contributed by atoms with Crippen LogP contribution in [0, 0.1) is 11.3 Å². The number of carbonyl (C=O) groups is 1. The van der Waals surface area contributed by atoms with Crippen molar-refractivity contribution in [2.45, 2.75) is 39.3 Å². The first-order valence-electron chi connectivity index (χ1n) is 9.00. The van der Waals surface area contributed by atoms with E-state index in [2.05, 4.69) is 29.1 Å². The molecule has 2 heterocycles. The maximum Gasteiger partial charge on any atom is 0.409 e. The van der Waals surface area contributed by atoms with Gasteiger partial charge < -0.3 is 24.6 Å². The Kier molecular flexibility index (Phi) is 4.90. The number of nitrogens with zero attached hydrogens (tertiary/aromatic N) is 3. The van der Waals surface area contributed by atoms with Gasteiger partial charge in [0, 0.05) is 57.2 Å². The predicted molar refractivity (Wildman–Crippen MR) is 92.1 cm³/mol. The van der Waals surface area contributed by atoms with E-state index in [1.165, 1.54) is 0 Å². The summed E-state index contributed by atoms with van der Waals surface area (Å²) in [6.07, 6.45) is 1.28. The summed E-state index contributed by atoms with van der Waals surface area (Å²) in [6.45, 7) is 10.5. The van der Waals surface area contributed by atoms with Crippen molar-refractivity contribution in [3.8, 4) is 0 Å². The van der Waals surface area contributed by atoms with E-state index in [1.54, 1.807) is 4.90 Å². The normalized spacial score (nSPS) is 32.2. The molecule has 1 aliphatic carbocycles. The lowest BCUT2D eigenvalue weighted by atomic mass is 9.57. The van der Waals surface area contributed by atoms with Crippen LogP contribution in [-0.4, -0.2) is 80.4 Å². The van der Waals surface area contributed by atoms with Crippen LogP contribution in [0.3, 0.4) is 0 Å². The lowest BCUT2D eigenvalue weighted by Gasteiger charge is -2.55. The number of carbonyl (C=O) groups excluding carboxylic acids is 1. The van der Waals surface area contributed by atoms with Gasteiger partial charge >= 0.3 is 6.09 Å². The summed E-state index contributed by atoms with van der Waals surface area (Å²) in [4.78, 5) is 20.3. The highest BCUT2D eigenvalue weighted by Gasteiger charge is 2.59. The lowest BCUT2D eigenvalue weighted by molar-refractivity contribution is -0.107. The number of hydrogen-bond acceptors (Lipinski definition) is 4. The smallest absolute Gasteiger partial charge is 0.409 e. The maximum absolute atomic E-state index is 11.8. The summed E-state index contributed by atoms with van der Waals surface area (Å²) in [5.41, 5.74) is 0.129. The lowest BCUT2D eigenvalue weighted by Crippen LogP contribution is -2.68. The van der Waals surface area contributed by atoms with Gasteiger partial charge in [0.2, 0.25) is 0 Å². The number of guanidine groups is 1. The first-order chi connectivity index (χ1) is 11.5. The number of rotatable bonds is 2. The van der Waals surface area contributed by atoms with Crippen LogP contribution in [0.2, 0.25) is 0 Å². The Morgan fingerprint density at radius 3 is 2.58 bits per heavy atom. The van der Waals surface area contributed by atoms with Crippen LogP contribution in [0.5, 0.6) is 0 Å². The van der Waals surface area contributed by atoms with Crippen molar-refractivity contribution in [3.63, 3.8) is 0 Å². The molecule has 136 valence electrons. The van der Waals surface area contributed by atoms with Gasteiger partial charge in [-0.25, -0.2) is 4.79 Å². The molecular weight excluding hydrogens is 308 g/mol. The van der Waals surface area contributed by atoms with Gasteiger partial charge in [0.1, 0.15) is 0 Å². The average Bonchev–Trinajstić information content (AvgIpc) is 3.03. The van der Waals surface area contributed by atoms with Crippen molar-refractivity contribution < 1.29 is 14.3 Å². The minimum Gasteiger partial charge on any atom is -0.450 e. The van der Waals surface area contributed by atoms with E-state index in [1.807, 2.05) is 14.0 Å². The van der Waals surface area contributed by atoms with Crippen molar-refractivity contribution in [2.24, 2.45) is 16.3 Å². The van der Waals surface area contributed by atoms with E-state index < -0.39 is 0 Å². The SMILES string of the molecule is CCOC(=O)N1CCN(C(=NC)NC2C3CCOC3C2(C)C)CC1. The largest absolute Gasteiger partial charge is 0.450 e. The standard InChI is InChI=1S/C17H30N4O3/c1-5-23-16(22)21-9-7-20(8-10-21)15(18-4)19-13-12-6-11-24-14(12)17(13,2)3/h12-14H,5-11H2,1-4H3,(H,18,19). The summed E-state index contributed by atoms with van der Waals surface area (Å²) in [6, 6.07) is 0.395. The highest BCUT2D eigenvalue weighted by molar-refractivity contribution is 5.81. The molecule has 3 aliphatic rings. The van der Waals surface area contributed by atoms with Crippen LogP contribution in [0.25, 0.3) is 0 Å². The van der Waals surface area contributed by atoms with Crippen molar-refractivity contribution in [3.05, 3.63) is 0 Å². The Balaban J connectivity index is 1.56. The molecule has 1 saturated carbocycles. The summed E-state index contributed by atoms with van der Waals surface area (Å²) in [5, 5.41) is 3.66. The van der Waals surface area contributed by atoms with Crippen LogP contribution in [-0.2, 0) is 9.47 Å². The van der Waals surface area contributed by atoms with Crippen LogP contribution < -0.4 is 5.32 Å². The van der Waals surface area contributed by atoms with Gasteiger partial charge in [-0.2, -0.15) is 0 Å². The molecule has 0 radical (unpaired) electrons. The molecule has 7 heteroatoms. The number of hydrogen-bond donors (Lipinski definition) is 1. The highest BCUT2D eigenvalue weighted by atomic mass is 16.6. The van der Waals surface area contributed by atoms with Crippen LogP contribution in [0.4, 0.5) is 4.79 Å². The minimum atomic E-state index is -0.217. The second-order valence-electron chi connectivity index (χ2n) is 7.41. The van der Waals surface area contributed by atoms with Gasteiger partial charge in [-0.05, 0) is 13.3 Å². The highest BCUT2D eigenvalue weighted by Crippen LogP contribution is 2.52. The van der Waals surface area contributed by atoms with Crippen LogP contribution in [0.1, 0.15) is 27.2 Å². The first-order valence-corrected chi connectivity index (χ1v) is 9.00. The second kappa shape index (κ2) is 6.78. The molecule has 3 atom stereocenters. The maximum atomic E-state index is 11.8. The molecule has 2 aliphatic heterocycles. The molecule has 7 nitrogen and oxygen atoms in total. The van der Waals surface area contributed by atoms with Crippen molar-refractivity contribution >= 4 is 12.1 Å². The quantitative estimate of drug-likeness (QED) is 0.604. The van der Waals surface area contributed by atoms with Crippen LogP contribution in [0.15, 0.2) is 4.99 Å². The summed E-state index contributed by atoms with van der Waals surface area (Å²) in [5.74, 6) is 1.51. The zero-order valence-corrected chi connectivity index (χ0v) is 15.2. The number of piperazine rings is 1. The molecule has 1 N–H and O–H groups in total. The van der Waals surface area contributed by atoms with Crippen molar-refractivity contribution in [2.75, 3.05) is 46.4 Å². The molecule has 0 aromatic rings. The zero-order valence-electron chi connectivity index (χ0n) is 15.2. The zero-order chi connectivity index (χ0) is 17.3. The molecule has 0 spiro atoms. The van der Waals surface area contributed by atoms with Gasteiger partial charge in [-0.3, -0.25) is 4.99 Å². The Morgan fingerprint density at radius 1 is 1.29 bits per heavy atom. The molecule has 3 unspecified atom stereocenters. The molecule has 0 aromatic carbocycles.